The van der Waals surface area contributed by atoms with Gasteiger partial charge in [0.1, 0.15) is 41.5 Å². The number of aliphatic hydroxyl groups excluding tert-OH is 3. The zero-order chi connectivity index (χ0) is 27.1. The number of amides is 1. The fourth-order valence-electron chi connectivity index (χ4n) is 4.52. The summed E-state index contributed by atoms with van der Waals surface area (Å²) in [5, 5.41) is 36.3. The Morgan fingerprint density at radius 1 is 1.27 bits per heavy atom. The minimum Gasteiger partial charge on any atom is -0.388 e. The van der Waals surface area contributed by atoms with Crippen molar-refractivity contribution in [3.8, 4) is 0 Å². The van der Waals surface area contributed by atoms with Crippen LogP contribution in [0.3, 0.4) is 0 Å². The van der Waals surface area contributed by atoms with Crippen LogP contribution in [0.5, 0.6) is 0 Å². The molecule has 1 saturated heterocycles. The highest BCUT2D eigenvalue weighted by Crippen LogP contribution is 2.30. The molecule has 3 rings (SSSR count). The van der Waals surface area contributed by atoms with E-state index in [2.05, 4.69) is 10.6 Å². The molecular formula is C26H35ClF2N2O5S. The molecule has 1 aromatic carbocycles. The summed E-state index contributed by atoms with van der Waals surface area (Å²) in [5.41, 5.74) is 0.299. The standard InChI is InChI=1S/C26H35ClF2N2O5S/c1-14(27)20(24-22(33)21(32)23(34)26(36-24)37-2)31-25(35)19-11-10-15(12-13-30-19)6-3-4-7-16-17(28)8-5-9-18(16)29/h3,5-6,8-10,14,19-24,26,30,32-34H,4,7,11-13H2,1-2H3,(H,31,35)/b6-3+/t14-,19?,20+,21?,22-,23+,24+,26?/m0/s1. The third-order valence-electron chi connectivity index (χ3n) is 6.69. The maximum absolute atomic E-state index is 13.8. The van der Waals surface area contributed by atoms with Crippen molar-refractivity contribution in [1.82, 2.24) is 10.6 Å². The molecule has 0 radical (unpaired) electrons. The average Bonchev–Trinajstić information content (AvgIpc) is 3.11. The molecule has 1 fully saturated rings. The highest BCUT2D eigenvalue weighted by atomic mass is 35.5. The lowest BCUT2D eigenvalue weighted by atomic mass is 9.93. The largest absolute Gasteiger partial charge is 0.388 e. The first-order chi connectivity index (χ1) is 17.6. The van der Waals surface area contributed by atoms with Crippen molar-refractivity contribution in [2.24, 2.45) is 0 Å². The number of carbonyl (C=O) groups excluding carboxylic acids is 1. The lowest BCUT2D eigenvalue weighted by Crippen LogP contribution is -2.65. The summed E-state index contributed by atoms with van der Waals surface area (Å²) < 4.78 is 33.4. The van der Waals surface area contributed by atoms with E-state index in [1.54, 1.807) is 13.2 Å². The van der Waals surface area contributed by atoms with Crippen molar-refractivity contribution in [3.05, 3.63) is 59.2 Å². The third-order valence-corrected chi connectivity index (χ3v) is 7.81. The quantitative estimate of drug-likeness (QED) is 0.295. The second-order valence-corrected chi connectivity index (χ2v) is 10.9. The monoisotopic (exact) mass is 560 g/mol. The van der Waals surface area contributed by atoms with E-state index in [1.165, 1.54) is 30.0 Å². The van der Waals surface area contributed by atoms with Crippen molar-refractivity contribution in [1.29, 1.82) is 0 Å². The number of alkyl halides is 1. The third kappa shape index (κ3) is 7.75. The van der Waals surface area contributed by atoms with Crippen LogP contribution in [0.1, 0.15) is 31.7 Å². The van der Waals surface area contributed by atoms with Gasteiger partial charge in [-0.15, -0.1) is 23.4 Å². The molecule has 1 aromatic rings. The van der Waals surface area contributed by atoms with E-state index in [-0.39, 0.29) is 17.9 Å². The summed E-state index contributed by atoms with van der Waals surface area (Å²) in [7, 11) is 0. The van der Waals surface area contributed by atoms with E-state index in [9.17, 15) is 28.9 Å². The molecule has 0 spiro atoms. The van der Waals surface area contributed by atoms with Crippen molar-refractivity contribution in [3.63, 3.8) is 0 Å². The summed E-state index contributed by atoms with van der Waals surface area (Å²) in [5.74, 6) is -1.43. The lowest BCUT2D eigenvalue weighted by molar-refractivity contribution is -0.205. The van der Waals surface area contributed by atoms with Gasteiger partial charge in [-0.1, -0.05) is 29.9 Å². The van der Waals surface area contributed by atoms with Crippen LogP contribution in [0.25, 0.3) is 0 Å². The zero-order valence-electron chi connectivity index (χ0n) is 20.8. The molecule has 2 heterocycles. The van der Waals surface area contributed by atoms with Gasteiger partial charge in [-0.05, 0) is 57.5 Å². The van der Waals surface area contributed by atoms with Gasteiger partial charge >= 0.3 is 0 Å². The van der Waals surface area contributed by atoms with Gasteiger partial charge in [0, 0.05) is 5.56 Å². The van der Waals surface area contributed by atoms with Gasteiger partial charge in [0.05, 0.1) is 17.5 Å². The van der Waals surface area contributed by atoms with Gasteiger partial charge in [-0.3, -0.25) is 4.79 Å². The number of allylic oxidation sites excluding steroid dienone is 2. The molecule has 0 bridgehead atoms. The number of thioether (sulfide) groups is 1. The Bertz CT molecular complexity index is 960. The molecule has 0 saturated carbocycles. The SMILES string of the molecule is CSC1O[C@H]([C@H](NC(=O)C2CC=C(/C=C/CCc3c(F)cccc3F)CCN2)[C@H](C)Cl)[C@@H](O)C(O)[C@H]1O. The Morgan fingerprint density at radius 2 is 1.97 bits per heavy atom. The van der Waals surface area contributed by atoms with E-state index in [4.69, 9.17) is 16.3 Å². The number of benzene rings is 1. The first kappa shape index (κ1) is 30.0. The Morgan fingerprint density at radius 3 is 2.62 bits per heavy atom. The van der Waals surface area contributed by atoms with E-state index >= 15 is 0 Å². The van der Waals surface area contributed by atoms with E-state index in [0.717, 1.165) is 5.57 Å². The van der Waals surface area contributed by atoms with Gasteiger partial charge in [0.15, 0.2) is 0 Å². The topological polar surface area (TPSA) is 111 Å². The number of halogens is 3. The first-order valence-corrected chi connectivity index (χ1v) is 14.0. The molecule has 7 nitrogen and oxygen atoms in total. The molecule has 0 aliphatic carbocycles. The maximum atomic E-state index is 13.8. The average molecular weight is 561 g/mol. The normalized spacial score (nSPS) is 30.4. The first-order valence-electron chi connectivity index (χ1n) is 12.3. The van der Waals surface area contributed by atoms with Gasteiger partial charge in [-0.25, -0.2) is 8.78 Å². The van der Waals surface area contributed by atoms with Crippen LogP contribution in [0.4, 0.5) is 8.78 Å². The van der Waals surface area contributed by atoms with Crippen LogP contribution in [0.15, 0.2) is 42.0 Å². The van der Waals surface area contributed by atoms with E-state index in [0.29, 0.717) is 25.8 Å². The van der Waals surface area contributed by atoms with E-state index in [1.807, 2.05) is 18.2 Å². The summed E-state index contributed by atoms with van der Waals surface area (Å²) in [6, 6.07) is 2.47. The predicted molar refractivity (Wildman–Crippen MR) is 140 cm³/mol. The highest BCUT2D eigenvalue weighted by molar-refractivity contribution is 7.99. The molecule has 5 N–H and O–H groups in total. The molecule has 2 aliphatic heterocycles. The second kappa shape index (κ2) is 14.0. The molecule has 37 heavy (non-hydrogen) atoms. The summed E-state index contributed by atoms with van der Waals surface area (Å²) in [6.45, 7) is 2.20. The fraction of sp³-hybridized carbons (Fsp3) is 0.577. The maximum Gasteiger partial charge on any atom is 0.237 e. The minimum atomic E-state index is -1.44. The summed E-state index contributed by atoms with van der Waals surface area (Å²) >= 11 is 7.53. The van der Waals surface area contributed by atoms with Crippen LogP contribution in [0, 0.1) is 11.6 Å². The smallest absolute Gasteiger partial charge is 0.237 e. The molecule has 0 aromatic heterocycles. The number of rotatable bonds is 9. The predicted octanol–water partition coefficient (Wildman–Crippen LogP) is 2.41. The van der Waals surface area contributed by atoms with Crippen LogP contribution < -0.4 is 10.6 Å². The molecule has 8 atom stereocenters. The Balaban J connectivity index is 1.58. The minimum absolute atomic E-state index is 0.0708. The van der Waals surface area contributed by atoms with Crippen LogP contribution in [-0.4, -0.2) is 81.3 Å². The molecule has 2 aliphatic rings. The molecule has 206 valence electrons. The van der Waals surface area contributed by atoms with Crippen molar-refractivity contribution < 1.29 is 33.6 Å². The molecule has 1 amide bonds. The fourth-order valence-corrected chi connectivity index (χ4v) is 5.40. The number of aliphatic hydroxyl groups is 3. The number of hydrogen-bond acceptors (Lipinski definition) is 7. The number of hydrogen-bond donors (Lipinski definition) is 5. The Kier molecular flexibility index (Phi) is 11.4. The van der Waals surface area contributed by atoms with Gasteiger partial charge in [-0.2, -0.15) is 0 Å². The zero-order valence-corrected chi connectivity index (χ0v) is 22.4. The van der Waals surface area contributed by atoms with Crippen LogP contribution >= 0.6 is 23.4 Å². The summed E-state index contributed by atoms with van der Waals surface area (Å²) in [6.07, 6.45) is 4.09. The van der Waals surface area contributed by atoms with Gasteiger partial charge < -0.3 is 30.7 Å². The van der Waals surface area contributed by atoms with E-state index < -0.39 is 58.9 Å². The van der Waals surface area contributed by atoms with Crippen molar-refractivity contribution >= 4 is 29.3 Å². The Labute approximate surface area is 225 Å². The highest BCUT2D eigenvalue weighted by Gasteiger charge is 2.48. The van der Waals surface area contributed by atoms with Crippen LogP contribution in [-0.2, 0) is 16.0 Å². The van der Waals surface area contributed by atoms with Crippen molar-refractivity contribution in [2.75, 3.05) is 12.8 Å². The number of ether oxygens (including phenoxy) is 1. The Hall–Kier alpha value is -1.53. The number of carbonyl (C=O) groups is 1. The van der Waals surface area contributed by atoms with Gasteiger partial charge in [0.25, 0.3) is 0 Å². The van der Waals surface area contributed by atoms with Crippen LogP contribution in [0.2, 0.25) is 0 Å². The molecular weight excluding hydrogens is 526 g/mol. The summed E-state index contributed by atoms with van der Waals surface area (Å²) in [4.78, 5) is 13.1. The van der Waals surface area contributed by atoms with Gasteiger partial charge in [0.2, 0.25) is 5.91 Å². The molecule has 3 unspecified atom stereocenters. The van der Waals surface area contributed by atoms with Crippen molar-refractivity contribution in [2.45, 2.75) is 79.9 Å². The molecule has 11 heteroatoms. The second-order valence-electron chi connectivity index (χ2n) is 9.30. The number of nitrogens with one attached hydrogen (secondary N) is 2. The lowest BCUT2D eigenvalue weighted by Gasteiger charge is -2.44.